The molecule has 1 heterocycles. The van der Waals surface area contributed by atoms with Crippen LogP contribution in [0.25, 0.3) is 11.4 Å². The monoisotopic (exact) mass is 252 g/mol. The molecule has 0 aliphatic rings. The number of hydrogen-bond donors (Lipinski definition) is 0. The van der Waals surface area contributed by atoms with Crippen molar-refractivity contribution in [1.82, 2.24) is 9.97 Å². The molecule has 0 saturated heterocycles. The van der Waals surface area contributed by atoms with Gasteiger partial charge >= 0.3 is 0 Å². The zero-order valence-corrected chi connectivity index (χ0v) is 10.5. The first kappa shape index (κ1) is 11.4. The van der Waals surface area contributed by atoms with E-state index in [9.17, 15) is 0 Å². The smallest absolute Gasteiger partial charge is 0.161 e. The molecule has 0 aliphatic heterocycles. The van der Waals surface area contributed by atoms with E-state index in [4.69, 9.17) is 23.2 Å². The molecule has 0 aliphatic carbocycles. The minimum atomic E-state index is 0.455. The molecule has 0 spiro atoms. The lowest BCUT2D eigenvalue weighted by atomic mass is 10.1. The fourth-order valence-electron chi connectivity index (χ4n) is 1.53. The Bertz CT molecular complexity index is 518. The van der Waals surface area contributed by atoms with Gasteiger partial charge in [0.1, 0.15) is 5.15 Å². The van der Waals surface area contributed by atoms with E-state index in [1.807, 2.05) is 32.0 Å². The molecule has 0 N–H and O–H groups in total. The van der Waals surface area contributed by atoms with Crippen LogP contribution in [0.3, 0.4) is 0 Å². The number of hydrogen-bond acceptors (Lipinski definition) is 2. The van der Waals surface area contributed by atoms with Gasteiger partial charge in [0.2, 0.25) is 0 Å². The summed E-state index contributed by atoms with van der Waals surface area (Å²) in [6, 6.07) is 7.35. The molecular formula is C12H10Cl2N2. The average molecular weight is 253 g/mol. The maximum absolute atomic E-state index is 5.91. The van der Waals surface area contributed by atoms with Crippen LogP contribution >= 0.6 is 23.2 Å². The Labute approximate surface area is 104 Å². The summed E-state index contributed by atoms with van der Waals surface area (Å²) in [5, 5.41) is 1.16. The van der Waals surface area contributed by atoms with Gasteiger partial charge in [-0.1, -0.05) is 23.2 Å². The molecule has 1 aromatic heterocycles. The lowest BCUT2D eigenvalue weighted by molar-refractivity contribution is 1.11. The highest BCUT2D eigenvalue weighted by atomic mass is 35.5. The zero-order valence-electron chi connectivity index (χ0n) is 8.96. The quantitative estimate of drug-likeness (QED) is 0.716. The third kappa shape index (κ3) is 2.34. The Morgan fingerprint density at radius 1 is 1.00 bits per heavy atom. The van der Waals surface area contributed by atoms with Gasteiger partial charge in [0.25, 0.3) is 0 Å². The van der Waals surface area contributed by atoms with Gasteiger partial charge in [-0.05, 0) is 43.7 Å². The van der Waals surface area contributed by atoms with Gasteiger partial charge in [-0.2, -0.15) is 0 Å². The summed E-state index contributed by atoms with van der Waals surface area (Å²) in [5.41, 5.74) is 2.84. The first-order chi connectivity index (χ1) is 7.56. The van der Waals surface area contributed by atoms with Crippen LogP contribution in [0.4, 0.5) is 0 Å². The molecule has 0 amide bonds. The molecule has 2 aromatic rings. The molecule has 0 atom stereocenters. The Morgan fingerprint density at radius 2 is 1.75 bits per heavy atom. The van der Waals surface area contributed by atoms with Gasteiger partial charge in [0.05, 0.1) is 0 Å². The normalized spacial score (nSPS) is 10.5. The molecule has 16 heavy (non-hydrogen) atoms. The third-order valence-electron chi connectivity index (χ3n) is 2.25. The summed E-state index contributed by atoms with van der Waals surface area (Å²) in [6.45, 7) is 3.86. The van der Waals surface area contributed by atoms with E-state index in [0.717, 1.165) is 16.8 Å². The SMILES string of the molecule is Cc1cc(Cl)nc(-c2ccc(Cl)cc2C)n1. The predicted molar refractivity (Wildman–Crippen MR) is 67.0 cm³/mol. The predicted octanol–water partition coefficient (Wildman–Crippen LogP) is 4.07. The molecule has 0 saturated carbocycles. The van der Waals surface area contributed by atoms with Crippen LogP contribution in [0.2, 0.25) is 10.2 Å². The maximum atomic E-state index is 5.91. The second kappa shape index (κ2) is 4.40. The first-order valence-electron chi connectivity index (χ1n) is 4.84. The van der Waals surface area contributed by atoms with Crippen LogP contribution in [0.5, 0.6) is 0 Å². The topological polar surface area (TPSA) is 25.8 Å². The molecular weight excluding hydrogens is 243 g/mol. The van der Waals surface area contributed by atoms with Crippen LogP contribution in [0.1, 0.15) is 11.3 Å². The number of aryl methyl sites for hydroxylation is 2. The minimum Gasteiger partial charge on any atom is -0.233 e. The first-order valence-corrected chi connectivity index (χ1v) is 5.59. The van der Waals surface area contributed by atoms with Gasteiger partial charge in [0, 0.05) is 16.3 Å². The highest BCUT2D eigenvalue weighted by Gasteiger charge is 2.07. The largest absolute Gasteiger partial charge is 0.233 e. The molecule has 2 nitrogen and oxygen atoms in total. The number of nitrogens with zero attached hydrogens (tertiary/aromatic N) is 2. The molecule has 0 fully saturated rings. The Morgan fingerprint density at radius 3 is 2.38 bits per heavy atom. The van der Waals surface area contributed by atoms with E-state index in [-0.39, 0.29) is 0 Å². The van der Waals surface area contributed by atoms with Crippen molar-refractivity contribution < 1.29 is 0 Å². The molecule has 0 bridgehead atoms. The molecule has 2 rings (SSSR count). The van der Waals surface area contributed by atoms with E-state index in [0.29, 0.717) is 16.0 Å². The van der Waals surface area contributed by atoms with Crippen molar-refractivity contribution in [3.63, 3.8) is 0 Å². The Balaban J connectivity index is 2.58. The van der Waals surface area contributed by atoms with E-state index in [1.165, 1.54) is 0 Å². The maximum Gasteiger partial charge on any atom is 0.161 e. The lowest BCUT2D eigenvalue weighted by Gasteiger charge is -2.06. The zero-order chi connectivity index (χ0) is 11.7. The van der Waals surface area contributed by atoms with Gasteiger partial charge in [-0.3, -0.25) is 0 Å². The van der Waals surface area contributed by atoms with Crippen molar-refractivity contribution in [3.8, 4) is 11.4 Å². The fraction of sp³-hybridized carbons (Fsp3) is 0.167. The Hall–Kier alpha value is -1.12. The van der Waals surface area contributed by atoms with E-state index >= 15 is 0 Å². The number of benzene rings is 1. The van der Waals surface area contributed by atoms with Crippen LogP contribution < -0.4 is 0 Å². The minimum absolute atomic E-state index is 0.455. The number of aromatic nitrogens is 2. The van der Waals surface area contributed by atoms with Gasteiger partial charge < -0.3 is 0 Å². The summed E-state index contributed by atoms with van der Waals surface area (Å²) in [6.07, 6.45) is 0. The van der Waals surface area contributed by atoms with E-state index in [2.05, 4.69) is 9.97 Å². The van der Waals surface area contributed by atoms with Gasteiger partial charge in [-0.25, -0.2) is 9.97 Å². The average Bonchev–Trinajstić information content (AvgIpc) is 2.15. The standard InChI is InChI=1S/C12H10Cl2N2/c1-7-5-9(13)3-4-10(7)12-15-8(2)6-11(14)16-12/h3-6H,1-2H3. The van der Waals surface area contributed by atoms with Crippen molar-refractivity contribution in [2.24, 2.45) is 0 Å². The van der Waals surface area contributed by atoms with Gasteiger partial charge in [0.15, 0.2) is 5.82 Å². The highest BCUT2D eigenvalue weighted by Crippen LogP contribution is 2.24. The van der Waals surface area contributed by atoms with Crippen LogP contribution in [0, 0.1) is 13.8 Å². The molecule has 0 unspecified atom stereocenters. The Kier molecular flexibility index (Phi) is 3.13. The van der Waals surface area contributed by atoms with Gasteiger partial charge in [-0.15, -0.1) is 0 Å². The number of halogens is 2. The summed E-state index contributed by atoms with van der Waals surface area (Å²) in [5.74, 6) is 0.638. The molecule has 4 heteroatoms. The lowest BCUT2D eigenvalue weighted by Crippen LogP contribution is -1.94. The van der Waals surface area contributed by atoms with Crippen LogP contribution in [-0.2, 0) is 0 Å². The van der Waals surface area contributed by atoms with Crippen molar-refractivity contribution >= 4 is 23.2 Å². The summed E-state index contributed by atoms with van der Waals surface area (Å²) in [4.78, 5) is 8.56. The molecule has 0 radical (unpaired) electrons. The highest BCUT2D eigenvalue weighted by molar-refractivity contribution is 6.30. The van der Waals surface area contributed by atoms with Crippen LogP contribution in [-0.4, -0.2) is 9.97 Å². The molecule has 1 aromatic carbocycles. The fourth-order valence-corrected chi connectivity index (χ4v) is 1.99. The summed E-state index contributed by atoms with van der Waals surface area (Å²) < 4.78 is 0. The van der Waals surface area contributed by atoms with Crippen molar-refractivity contribution in [3.05, 3.63) is 45.7 Å². The van der Waals surface area contributed by atoms with E-state index < -0.39 is 0 Å². The van der Waals surface area contributed by atoms with E-state index in [1.54, 1.807) is 6.07 Å². The van der Waals surface area contributed by atoms with Crippen molar-refractivity contribution in [1.29, 1.82) is 0 Å². The van der Waals surface area contributed by atoms with Crippen molar-refractivity contribution in [2.75, 3.05) is 0 Å². The summed E-state index contributed by atoms with van der Waals surface area (Å²) >= 11 is 11.8. The molecule has 82 valence electrons. The second-order valence-electron chi connectivity index (χ2n) is 3.61. The van der Waals surface area contributed by atoms with Crippen molar-refractivity contribution in [2.45, 2.75) is 13.8 Å². The van der Waals surface area contributed by atoms with Crippen LogP contribution in [0.15, 0.2) is 24.3 Å². The summed E-state index contributed by atoms with van der Waals surface area (Å²) in [7, 11) is 0. The number of rotatable bonds is 1. The second-order valence-corrected chi connectivity index (χ2v) is 4.44. The third-order valence-corrected chi connectivity index (χ3v) is 2.68.